The number of hydrogen-bond acceptors (Lipinski definition) is 4. The molecule has 2 fully saturated rings. The van der Waals surface area contributed by atoms with Crippen molar-refractivity contribution in [1.29, 1.82) is 0 Å². The number of nitrogens with zero attached hydrogens (tertiary/aromatic N) is 1. The van der Waals surface area contributed by atoms with E-state index < -0.39 is 0 Å². The van der Waals surface area contributed by atoms with E-state index in [0.29, 0.717) is 6.04 Å². The number of morpholine rings is 1. The van der Waals surface area contributed by atoms with Crippen molar-refractivity contribution in [2.45, 2.75) is 12.5 Å². The van der Waals surface area contributed by atoms with Crippen LogP contribution in [0.15, 0.2) is 0 Å². The molecule has 1 atom stereocenters. The van der Waals surface area contributed by atoms with E-state index in [4.69, 9.17) is 4.74 Å². The van der Waals surface area contributed by atoms with E-state index in [1.54, 1.807) is 0 Å². The Bertz CT molecular complexity index is 154. The van der Waals surface area contributed by atoms with E-state index in [-0.39, 0.29) is 0 Å². The summed E-state index contributed by atoms with van der Waals surface area (Å²) >= 11 is 2.09. The minimum Gasteiger partial charge on any atom is -0.379 e. The third-order valence-electron chi connectivity index (χ3n) is 2.80. The van der Waals surface area contributed by atoms with E-state index in [1.807, 2.05) is 0 Å². The molecule has 1 N–H and O–H groups in total. The predicted molar refractivity (Wildman–Crippen MR) is 61.0 cm³/mol. The fourth-order valence-electron chi connectivity index (χ4n) is 1.98. The van der Waals surface area contributed by atoms with Crippen LogP contribution in [0.4, 0.5) is 0 Å². The van der Waals surface area contributed by atoms with Gasteiger partial charge in [0, 0.05) is 31.4 Å². The van der Waals surface area contributed by atoms with E-state index >= 15 is 0 Å². The van der Waals surface area contributed by atoms with Crippen LogP contribution in [0.2, 0.25) is 0 Å². The minimum atomic E-state index is 0.695. The van der Waals surface area contributed by atoms with Crippen molar-refractivity contribution in [1.82, 2.24) is 10.2 Å². The number of thioether (sulfide) groups is 1. The van der Waals surface area contributed by atoms with Crippen LogP contribution in [-0.4, -0.2) is 61.8 Å². The molecule has 0 amide bonds. The van der Waals surface area contributed by atoms with Crippen LogP contribution in [-0.2, 0) is 4.74 Å². The van der Waals surface area contributed by atoms with Gasteiger partial charge in [-0.3, -0.25) is 4.90 Å². The lowest BCUT2D eigenvalue weighted by atomic mass is 10.2. The predicted octanol–water partition coefficient (Wildman–Crippen LogP) is 0.414. The second kappa shape index (κ2) is 5.95. The highest BCUT2D eigenvalue weighted by Crippen LogP contribution is 2.10. The van der Waals surface area contributed by atoms with Crippen molar-refractivity contribution in [3.05, 3.63) is 0 Å². The standard InChI is InChI=1S/C10H20N2OS/c1-2-11-10(9-14-7-1)8-12-3-5-13-6-4-12/h10-11H,1-9H2/t10-/m0/s1. The molecular formula is C10H20N2OS. The van der Waals surface area contributed by atoms with Gasteiger partial charge >= 0.3 is 0 Å². The summed E-state index contributed by atoms with van der Waals surface area (Å²) in [6.07, 6.45) is 1.32. The van der Waals surface area contributed by atoms with Gasteiger partial charge in [0.15, 0.2) is 0 Å². The summed E-state index contributed by atoms with van der Waals surface area (Å²) in [6, 6.07) is 0.695. The fourth-order valence-corrected chi connectivity index (χ4v) is 3.00. The number of nitrogens with one attached hydrogen (secondary N) is 1. The Balaban J connectivity index is 1.71. The molecule has 0 bridgehead atoms. The van der Waals surface area contributed by atoms with E-state index in [2.05, 4.69) is 22.0 Å². The fraction of sp³-hybridized carbons (Fsp3) is 1.00. The van der Waals surface area contributed by atoms with Crippen LogP contribution >= 0.6 is 11.8 Å². The summed E-state index contributed by atoms with van der Waals surface area (Å²) in [4.78, 5) is 2.52. The summed E-state index contributed by atoms with van der Waals surface area (Å²) in [5.41, 5.74) is 0. The molecule has 2 saturated heterocycles. The van der Waals surface area contributed by atoms with E-state index in [9.17, 15) is 0 Å². The largest absolute Gasteiger partial charge is 0.379 e. The summed E-state index contributed by atoms with van der Waals surface area (Å²) in [5.74, 6) is 2.60. The Morgan fingerprint density at radius 2 is 2.21 bits per heavy atom. The Hall–Kier alpha value is 0.230. The number of rotatable bonds is 2. The zero-order valence-electron chi connectivity index (χ0n) is 8.71. The van der Waals surface area contributed by atoms with Gasteiger partial charge in [-0.2, -0.15) is 11.8 Å². The molecule has 2 aliphatic heterocycles. The van der Waals surface area contributed by atoms with Crippen LogP contribution < -0.4 is 5.32 Å². The maximum atomic E-state index is 5.35. The highest BCUT2D eigenvalue weighted by Gasteiger charge is 2.17. The average Bonchev–Trinajstić information content (AvgIpc) is 2.48. The van der Waals surface area contributed by atoms with Gasteiger partial charge in [-0.25, -0.2) is 0 Å². The first-order valence-corrected chi connectivity index (χ1v) is 6.72. The second-order valence-electron chi connectivity index (χ2n) is 3.99. The maximum absolute atomic E-state index is 5.35. The van der Waals surface area contributed by atoms with Gasteiger partial charge in [0.05, 0.1) is 13.2 Å². The highest BCUT2D eigenvalue weighted by atomic mass is 32.2. The van der Waals surface area contributed by atoms with Crippen LogP contribution in [0.1, 0.15) is 6.42 Å². The summed E-state index contributed by atoms with van der Waals surface area (Å²) in [7, 11) is 0. The SMILES string of the molecule is C1CN[C@@H](CN2CCOCC2)CSC1. The normalized spacial score (nSPS) is 31.3. The molecule has 3 nitrogen and oxygen atoms in total. The van der Waals surface area contributed by atoms with Crippen molar-refractivity contribution in [3.8, 4) is 0 Å². The van der Waals surface area contributed by atoms with Gasteiger partial charge in [0.1, 0.15) is 0 Å². The van der Waals surface area contributed by atoms with Crippen LogP contribution in [0.3, 0.4) is 0 Å². The third-order valence-corrected chi connectivity index (χ3v) is 4.02. The second-order valence-corrected chi connectivity index (χ2v) is 5.14. The lowest BCUT2D eigenvalue weighted by Gasteiger charge is -2.30. The summed E-state index contributed by atoms with van der Waals surface area (Å²) in [5, 5.41) is 3.63. The first-order chi connectivity index (χ1) is 6.95. The average molecular weight is 216 g/mol. The van der Waals surface area contributed by atoms with Gasteiger partial charge in [0.2, 0.25) is 0 Å². The zero-order valence-corrected chi connectivity index (χ0v) is 9.52. The van der Waals surface area contributed by atoms with E-state index in [0.717, 1.165) is 26.3 Å². The number of hydrogen-bond donors (Lipinski definition) is 1. The van der Waals surface area contributed by atoms with Crippen molar-refractivity contribution >= 4 is 11.8 Å². The quantitative estimate of drug-likeness (QED) is 0.723. The Labute approximate surface area is 90.6 Å². The first-order valence-electron chi connectivity index (χ1n) is 5.56. The van der Waals surface area contributed by atoms with Crippen molar-refractivity contribution in [2.75, 3.05) is 50.9 Å². The molecule has 0 saturated carbocycles. The van der Waals surface area contributed by atoms with Gasteiger partial charge in [-0.15, -0.1) is 0 Å². The molecule has 0 spiro atoms. The molecule has 2 aliphatic rings. The molecule has 82 valence electrons. The van der Waals surface area contributed by atoms with Gasteiger partial charge < -0.3 is 10.1 Å². The van der Waals surface area contributed by atoms with Crippen molar-refractivity contribution in [3.63, 3.8) is 0 Å². The van der Waals surface area contributed by atoms with Crippen LogP contribution in [0, 0.1) is 0 Å². The summed E-state index contributed by atoms with van der Waals surface area (Å²) < 4.78 is 5.35. The monoisotopic (exact) mass is 216 g/mol. The number of ether oxygens (including phenoxy) is 1. The molecule has 14 heavy (non-hydrogen) atoms. The Morgan fingerprint density at radius 1 is 1.36 bits per heavy atom. The lowest BCUT2D eigenvalue weighted by molar-refractivity contribution is 0.0347. The molecule has 4 heteroatoms. The molecule has 2 rings (SSSR count). The lowest BCUT2D eigenvalue weighted by Crippen LogP contribution is -2.46. The Kier molecular flexibility index (Phi) is 4.57. The van der Waals surface area contributed by atoms with Gasteiger partial charge in [-0.1, -0.05) is 0 Å². The molecule has 0 unspecified atom stereocenters. The zero-order chi connectivity index (χ0) is 9.64. The molecule has 2 heterocycles. The third kappa shape index (κ3) is 3.42. The molecule has 0 aromatic rings. The maximum Gasteiger partial charge on any atom is 0.0594 e. The van der Waals surface area contributed by atoms with Gasteiger partial charge in [-0.05, 0) is 18.7 Å². The first kappa shape index (κ1) is 10.7. The van der Waals surface area contributed by atoms with Crippen molar-refractivity contribution in [2.24, 2.45) is 0 Å². The molecule has 0 aromatic heterocycles. The van der Waals surface area contributed by atoms with Crippen LogP contribution in [0.5, 0.6) is 0 Å². The molecular weight excluding hydrogens is 196 g/mol. The molecule has 0 radical (unpaired) electrons. The highest BCUT2D eigenvalue weighted by molar-refractivity contribution is 7.99. The minimum absolute atomic E-state index is 0.695. The smallest absolute Gasteiger partial charge is 0.0594 e. The van der Waals surface area contributed by atoms with E-state index in [1.165, 1.54) is 31.0 Å². The topological polar surface area (TPSA) is 24.5 Å². The Morgan fingerprint density at radius 3 is 3.07 bits per heavy atom. The molecule has 0 aromatic carbocycles. The van der Waals surface area contributed by atoms with Crippen LogP contribution in [0.25, 0.3) is 0 Å². The molecule has 0 aliphatic carbocycles. The summed E-state index contributed by atoms with van der Waals surface area (Å²) in [6.45, 7) is 6.46. The van der Waals surface area contributed by atoms with Gasteiger partial charge in [0.25, 0.3) is 0 Å². The van der Waals surface area contributed by atoms with Crippen molar-refractivity contribution < 1.29 is 4.74 Å².